The monoisotopic (exact) mass is 314 g/mol. The van der Waals surface area contributed by atoms with E-state index in [0.29, 0.717) is 22.1 Å². The highest BCUT2D eigenvalue weighted by molar-refractivity contribution is 7.92. The Labute approximate surface area is 122 Å². The molecule has 0 bridgehead atoms. The predicted molar refractivity (Wildman–Crippen MR) is 79.4 cm³/mol. The summed E-state index contributed by atoms with van der Waals surface area (Å²) in [7, 11) is -2.07. The molecule has 108 valence electrons. The molecule has 2 aromatic rings. The second-order valence-corrected chi connectivity index (χ2v) is 6.54. The molecule has 1 aromatic carbocycles. The first-order chi connectivity index (χ1) is 9.22. The van der Waals surface area contributed by atoms with Crippen molar-refractivity contribution in [1.29, 1.82) is 0 Å². The van der Waals surface area contributed by atoms with Crippen LogP contribution in [0.15, 0.2) is 23.1 Å². The molecule has 20 heavy (non-hydrogen) atoms. The van der Waals surface area contributed by atoms with Crippen molar-refractivity contribution >= 4 is 33.0 Å². The maximum Gasteiger partial charge on any atom is 0.264 e. The zero-order valence-corrected chi connectivity index (χ0v) is 12.9. The maximum absolute atomic E-state index is 12.4. The Morgan fingerprint density at radius 1 is 1.35 bits per heavy atom. The van der Waals surface area contributed by atoms with Crippen LogP contribution in [0, 0.1) is 13.8 Å². The molecule has 3 N–H and O–H groups in total. The molecule has 0 atom stereocenters. The number of halogens is 1. The molecule has 0 amide bonds. The highest BCUT2D eigenvalue weighted by Gasteiger charge is 2.21. The van der Waals surface area contributed by atoms with Crippen LogP contribution in [0.5, 0.6) is 0 Å². The average molecular weight is 315 g/mol. The van der Waals surface area contributed by atoms with E-state index >= 15 is 0 Å². The predicted octanol–water partition coefficient (Wildman–Crippen LogP) is 2.07. The molecule has 6 nitrogen and oxygen atoms in total. The number of hydrogen-bond acceptors (Lipinski definition) is 4. The Hall–Kier alpha value is -1.73. The first-order valence-electron chi connectivity index (χ1n) is 5.80. The molecule has 0 aliphatic rings. The smallest absolute Gasteiger partial charge is 0.264 e. The van der Waals surface area contributed by atoms with E-state index in [1.807, 2.05) is 0 Å². The third-order valence-electron chi connectivity index (χ3n) is 3.01. The van der Waals surface area contributed by atoms with Crippen LogP contribution < -0.4 is 10.5 Å². The zero-order valence-electron chi connectivity index (χ0n) is 11.3. The lowest BCUT2D eigenvalue weighted by molar-refractivity contribution is 0.601. The molecule has 0 aliphatic carbocycles. The van der Waals surface area contributed by atoms with E-state index in [1.165, 1.54) is 18.2 Å². The van der Waals surface area contributed by atoms with Crippen molar-refractivity contribution in [3.05, 3.63) is 34.6 Å². The average Bonchev–Trinajstić information content (AvgIpc) is 2.59. The number of aryl methyl sites for hydroxylation is 2. The molecule has 0 saturated carbocycles. The maximum atomic E-state index is 12.4. The number of rotatable bonds is 3. The van der Waals surface area contributed by atoms with Gasteiger partial charge in [0, 0.05) is 12.1 Å². The van der Waals surface area contributed by atoms with Crippen molar-refractivity contribution < 1.29 is 8.42 Å². The Kier molecular flexibility index (Phi) is 3.66. The van der Waals surface area contributed by atoms with Crippen LogP contribution in [0.25, 0.3) is 0 Å². The van der Waals surface area contributed by atoms with Gasteiger partial charge in [-0.25, -0.2) is 8.42 Å². The Morgan fingerprint density at radius 3 is 2.55 bits per heavy atom. The van der Waals surface area contributed by atoms with Gasteiger partial charge in [-0.2, -0.15) is 5.10 Å². The molecule has 8 heteroatoms. The van der Waals surface area contributed by atoms with Crippen molar-refractivity contribution in [3.63, 3.8) is 0 Å². The van der Waals surface area contributed by atoms with Crippen molar-refractivity contribution in [2.24, 2.45) is 7.05 Å². The number of nitrogens with one attached hydrogen (secondary N) is 1. The van der Waals surface area contributed by atoms with Crippen LogP contribution in [-0.2, 0) is 17.1 Å². The van der Waals surface area contributed by atoms with Crippen LogP contribution >= 0.6 is 11.6 Å². The summed E-state index contributed by atoms with van der Waals surface area (Å²) < 4.78 is 28.9. The quantitative estimate of drug-likeness (QED) is 0.849. The molecule has 1 heterocycles. The molecular weight excluding hydrogens is 300 g/mol. The van der Waals surface area contributed by atoms with Gasteiger partial charge in [0.25, 0.3) is 10.0 Å². The van der Waals surface area contributed by atoms with Crippen LogP contribution in [0.3, 0.4) is 0 Å². The first kappa shape index (κ1) is 14.7. The van der Waals surface area contributed by atoms with Gasteiger partial charge < -0.3 is 5.73 Å². The molecule has 0 aliphatic heterocycles. The van der Waals surface area contributed by atoms with Crippen LogP contribution in [0.1, 0.15) is 11.4 Å². The lowest BCUT2D eigenvalue weighted by atomic mass is 10.3. The summed E-state index contributed by atoms with van der Waals surface area (Å²) in [5.74, 6) is 0. The second-order valence-electron chi connectivity index (χ2n) is 4.46. The molecule has 0 unspecified atom stereocenters. The third-order valence-corrected chi connectivity index (χ3v) is 4.65. The number of hydrogen-bond donors (Lipinski definition) is 2. The van der Waals surface area contributed by atoms with E-state index in [9.17, 15) is 8.42 Å². The summed E-state index contributed by atoms with van der Waals surface area (Å²) in [6.07, 6.45) is 0. The van der Waals surface area contributed by atoms with E-state index in [0.717, 1.165) is 0 Å². The Balaban J connectivity index is 2.49. The SMILES string of the molecule is Cc1nn(C)c(C)c1NS(=O)(=O)c1cc(Cl)ccc1N. The highest BCUT2D eigenvalue weighted by Crippen LogP contribution is 2.27. The van der Waals surface area contributed by atoms with E-state index < -0.39 is 10.0 Å². The zero-order chi connectivity index (χ0) is 15.1. The van der Waals surface area contributed by atoms with Gasteiger partial charge in [0.15, 0.2) is 0 Å². The minimum absolute atomic E-state index is 0.0485. The fourth-order valence-electron chi connectivity index (χ4n) is 1.85. The summed E-state index contributed by atoms with van der Waals surface area (Å²) in [6, 6.07) is 4.32. The van der Waals surface area contributed by atoms with Gasteiger partial charge in [-0.05, 0) is 32.0 Å². The van der Waals surface area contributed by atoms with Gasteiger partial charge in [0.05, 0.1) is 22.8 Å². The minimum Gasteiger partial charge on any atom is -0.398 e. The van der Waals surface area contributed by atoms with Crippen molar-refractivity contribution in [1.82, 2.24) is 9.78 Å². The molecule has 1 aromatic heterocycles. The standard InChI is InChI=1S/C12H15ClN4O2S/c1-7-12(8(2)17(3)15-7)16-20(18,19)11-6-9(13)4-5-10(11)14/h4-6,16H,14H2,1-3H3. The largest absolute Gasteiger partial charge is 0.398 e. The lowest BCUT2D eigenvalue weighted by Gasteiger charge is -2.10. The summed E-state index contributed by atoms with van der Waals surface area (Å²) >= 11 is 5.83. The fraction of sp³-hybridized carbons (Fsp3) is 0.250. The summed E-state index contributed by atoms with van der Waals surface area (Å²) in [4.78, 5) is -0.0485. The number of benzene rings is 1. The van der Waals surface area contributed by atoms with Crippen LogP contribution in [0.4, 0.5) is 11.4 Å². The van der Waals surface area contributed by atoms with Crippen molar-refractivity contribution in [3.8, 4) is 0 Å². The molecule has 2 rings (SSSR count). The van der Waals surface area contributed by atoms with Gasteiger partial charge in [0.2, 0.25) is 0 Å². The molecule has 0 fully saturated rings. The number of nitrogen functional groups attached to an aromatic ring is 1. The molecule has 0 spiro atoms. The lowest BCUT2D eigenvalue weighted by Crippen LogP contribution is -2.15. The summed E-state index contributed by atoms with van der Waals surface area (Å²) in [5.41, 5.74) is 7.61. The van der Waals surface area contributed by atoms with Gasteiger partial charge in [0.1, 0.15) is 4.90 Å². The van der Waals surface area contributed by atoms with Gasteiger partial charge >= 0.3 is 0 Å². The normalized spacial score (nSPS) is 11.6. The fourth-order valence-corrected chi connectivity index (χ4v) is 3.42. The van der Waals surface area contributed by atoms with E-state index in [2.05, 4.69) is 9.82 Å². The number of nitrogens with two attached hydrogens (primary N) is 1. The molecular formula is C12H15ClN4O2S. The van der Waals surface area contributed by atoms with Gasteiger partial charge in [-0.1, -0.05) is 11.6 Å². The van der Waals surface area contributed by atoms with Gasteiger partial charge in [-0.3, -0.25) is 9.40 Å². The van der Waals surface area contributed by atoms with E-state index in [1.54, 1.807) is 25.6 Å². The second kappa shape index (κ2) is 4.99. The minimum atomic E-state index is -3.81. The third kappa shape index (κ3) is 2.59. The van der Waals surface area contributed by atoms with E-state index in [4.69, 9.17) is 17.3 Å². The van der Waals surface area contributed by atoms with Gasteiger partial charge in [-0.15, -0.1) is 0 Å². The summed E-state index contributed by atoms with van der Waals surface area (Å²) in [5, 5.41) is 4.47. The van der Waals surface area contributed by atoms with Crippen molar-refractivity contribution in [2.75, 3.05) is 10.5 Å². The van der Waals surface area contributed by atoms with Crippen LogP contribution in [0.2, 0.25) is 5.02 Å². The summed E-state index contributed by atoms with van der Waals surface area (Å²) in [6.45, 7) is 3.51. The Morgan fingerprint density at radius 2 is 2.00 bits per heavy atom. The number of nitrogens with zero attached hydrogens (tertiary/aromatic N) is 2. The number of aromatic nitrogens is 2. The Bertz CT molecular complexity index is 768. The molecule has 0 saturated heterocycles. The van der Waals surface area contributed by atoms with Crippen molar-refractivity contribution in [2.45, 2.75) is 18.7 Å². The van der Waals surface area contributed by atoms with E-state index in [-0.39, 0.29) is 10.6 Å². The number of anilines is 2. The molecule has 0 radical (unpaired) electrons. The topological polar surface area (TPSA) is 90.0 Å². The first-order valence-corrected chi connectivity index (χ1v) is 7.66. The number of sulfonamides is 1. The van der Waals surface area contributed by atoms with Crippen LogP contribution in [-0.4, -0.2) is 18.2 Å². The highest BCUT2D eigenvalue weighted by atomic mass is 35.5.